The number of benzene rings is 13. The zero-order chi connectivity index (χ0) is 54.1. The lowest BCUT2D eigenvalue weighted by atomic mass is 9.98. The molecule has 0 bridgehead atoms. The van der Waals surface area contributed by atoms with Crippen LogP contribution in [0.3, 0.4) is 0 Å². The van der Waals surface area contributed by atoms with Crippen LogP contribution >= 0.6 is 0 Å². The Morgan fingerprint density at radius 2 is 0.402 bits per heavy atom. The molecule has 0 radical (unpaired) electrons. The minimum Gasteiger partial charge on any atom is -0.311 e. The molecule has 0 amide bonds. The zero-order valence-electron chi connectivity index (χ0n) is 44.8. The van der Waals surface area contributed by atoms with Gasteiger partial charge in [0.25, 0.3) is 0 Å². The van der Waals surface area contributed by atoms with Gasteiger partial charge in [-0.3, -0.25) is 0 Å². The first-order chi connectivity index (χ1) is 40.7. The first-order valence-electron chi connectivity index (χ1n) is 28.1. The first kappa shape index (κ1) is 47.1. The monoisotopic (exact) mass is 1040 g/mol. The fourth-order valence-electron chi connectivity index (χ4n) is 12.7. The van der Waals surface area contributed by atoms with Gasteiger partial charge >= 0.3 is 0 Å². The number of para-hydroxylation sites is 6. The van der Waals surface area contributed by atoms with Crippen LogP contribution in [-0.2, 0) is 0 Å². The summed E-state index contributed by atoms with van der Waals surface area (Å²) in [5.74, 6) is 0. The van der Waals surface area contributed by atoms with Gasteiger partial charge in [0.2, 0.25) is 0 Å². The van der Waals surface area contributed by atoms with Gasteiger partial charge in [-0.1, -0.05) is 194 Å². The van der Waals surface area contributed by atoms with E-state index in [-0.39, 0.29) is 0 Å². The normalized spacial score (nSPS) is 11.7. The average molecular weight is 1050 g/mol. The van der Waals surface area contributed by atoms with Gasteiger partial charge in [0, 0.05) is 66.4 Å². The Labute approximate surface area is 475 Å². The van der Waals surface area contributed by atoms with Crippen molar-refractivity contribution in [2.45, 2.75) is 0 Å². The summed E-state index contributed by atoms with van der Waals surface area (Å²) in [5.41, 5.74) is 23.3. The molecule has 16 aromatic rings. The van der Waals surface area contributed by atoms with Crippen molar-refractivity contribution in [2.75, 3.05) is 4.90 Å². The lowest BCUT2D eigenvalue weighted by molar-refractivity contribution is 1.18. The van der Waals surface area contributed by atoms with Crippen molar-refractivity contribution < 1.29 is 0 Å². The van der Waals surface area contributed by atoms with Gasteiger partial charge in [-0.05, 0) is 166 Å². The van der Waals surface area contributed by atoms with Crippen LogP contribution in [0.2, 0.25) is 0 Å². The van der Waals surface area contributed by atoms with Crippen molar-refractivity contribution in [2.24, 2.45) is 0 Å². The minimum absolute atomic E-state index is 1.08. The van der Waals surface area contributed by atoms with Gasteiger partial charge in [-0.15, -0.1) is 0 Å². The molecule has 0 atom stereocenters. The Morgan fingerprint density at radius 3 is 0.744 bits per heavy atom. The minimum atomic E-state index is 1.08. The Bertz CT molecular complexity index is 4980. The van der Waals surface area contributed by atoms with Gasteiger partial charge in [0.05, 0.1) is 33.1 Å². The molecular weight excluding hydrogens is 993 g/mol. The van der Waals surface area contributed by atoms with E-state index >= 15 is 0 Å². The predicted octanol–water partition coefficient (Wildman–Crippen LogP) is 21.1. The quantitative estimate of drug-likeness (QED) is 0.133. The second-order valence-electron chi connectivity index (χ2n) is 21.3. The molecule has 13 aromatic carbocycles. The molecule has 0 N–H and O–H groups in total. The van der Waals surface area contributed by atoms with Crippen molar-refractivity contribution >= 4 is 82.5 Å². The van der Waals surface area contributed by atoms with Crippen LogP contribution in [0.15, 0.2) is 315 Å². The van der Waals surface area contributed by atoms with Crippen molar-refractivity contribution in [1.82, 2.24) is 13.7 Å². The van der Waals surface area contributed by atoms with Crippen LogP contribution < -0.4 is 4.90 Å². The molecule has 3 aromatic heterocycles. The topological polar surface area (TPSA) is 18.0 Å². The highest BCUT2D eigenvalue weighted by Crippen LogP contribution is 2.41. The van der Waals surface area contributed by atoms with Gasteiger partial charge < -0.3 is 18.6 Å². The summed E-state index contributed by atoms with van der Waals surface area (Å²) in [6, 6.07) is 115. The predicted molar refractivity (Wildman–Crippen MR) is 346 cm³/mol. The fraction of sp³-hybridized carbons (Fsp3) is 0. The highest BCUT2D eigenvalue weighted by atomic mass is 15.1. The van der Waals surface area contributed by atoms with Crippen molar-refractivity contribution in [3.63, 3.8) is 0 Å². The first-order valence-corrected chi connectivity index (χ1v) is 28.1. The van der Waals surface area contributed by atoms with Crippen molar-refractivity contribution in [3.05, 3.63) is 315 Å². The second-order valence-corrected chi connectivity index (χ2v) is 21.3. The Kier molecular flexibility index (Phi) is 11.2. The largest absolute Gasteiger partial charge is 0.311 e. The Morgan fingerprint density at radius 1 is 0.171 bits per heavy atom. The van der Waals surface area contributed by atoms with E-state index in [1.807, 2.05) is 0 Å². The summed E-state index contributed by atoms with van der Waals surface area (Å²) in [5, 5.41) is 7.52. The van der Waals surface area contributed by atoms with E-state index in [1.54, 1.807) is 0 Å². The van der Waals surface area contributed by atoms with Crippen LogP contribution in [0.1, 0.15) is 0 Å². The van der Waals surface area contributed by atoms with Crippen LogP contribution in [0, 0.1) is 0 Å². The van der Waals surface area contributed by atoms with E-state index in [1.165, 1.54) is 104 Å². The molecule has 82 heavy (non-hydrogen) atoms. The number of hydrogen-bond donors (Lipinski definition) is 0. The van der Waals surface area contributed by atoms with Gasteiger partial charge in [-0.2, -0.15) is 0 Å². The molecule has 0 aliphatic rings. The van der Waals surface area contributed by atoms with Crippen LogP contribution in [-0.4, -0.2) is 13.7 Å². The van der Waals surface area contributed by atoms with E-state index in [0.29, 0.717) is 0 Å². The SMILES string of the molecule is c1ccc(-n2c3ccccc3c3cc(-c4ccc(-c5ccc(N(c6ccc(-c7ccc(-n8c9ccccc9c9ccccc98)cc7)cc6)c6ccc(-c7ccc8c(c7)c7ccccc7n8-c7ccccc7)cc6)cc5)cc4)ccc32)cc1. The number of nitrogens with zero attached hydrogens (tertiary/aromatic N) is 4. The summed E-state index contributed by atoms with van der Waals surface area (Å²) in [6.07, 6.45) is 0. The number of hydrogen-bond acceptors (Lipinski definition) is 1. The Balaban J connectivity index is 0.728. The molecular formula is C78H52N4. The molecule has 0 spiro atoms. The second kappa shape index (κ2) is 19.5. The molecule has 4 nitrogen and oxygen atoms in total. The third-order valence-electron chi connectivity index (χ3n) is 16.7. The van der Waals surface area contributed by atoms with Crippen molar-refractivity contribution in [3.8, 4) is 61.6 Å². The summed E-state index contributed by atoms with van der Waals surface area (Å²) < 4.78 is 7.11. The van der Waals surface area contributed by atoms with Crippen LogP contribution in [0.4, 0.5) is 17.1 Å². The van der Waals surface area contributed by atoms with Gasteiger partial charge in [0.15, 0.2) is 0 Å². The molecule has 0 aliphatic heterocycles. The number of fused-ring (bicyclic) bond motifs is 9. The lowest BCUT2D eigenvalue weighted by Crippen LogP contribution is -2.09. The third-order valence-corrected chi connectivity index (χ3v) is 16.7. The van der Waals surface area contributed by atoms with Gasteiger partial charge in [0.1, 0.15) is 0 Å². The van der Waals surface area contributed by atoms with Gasteiger partial charge in [-0.25, -0.2) is 0 Å². The third kappa shape index (κ3) is 7.91. The molecule has 0 fully saturated rings. The maximum atomic E-state index is 2.37. The Hall–Kier alpha value is -10.9. The average Bonchev–Trinajstić information content (AvgIpc) is 4.22. The highest BCUT2D eigenvalue weighted by molar-refractivity contribution is 6.12. The van der Waals surface area contributed by atoms with E-state index in [2.05, 4.69) is 334 Å². The molecule has 0 saturated heterocycles. The van der Waals surface area contributed by atoms with E-state index in [0.717, 1.165) is 39.6 Å². The summed E-state index contributed by atoms with van der Waals surface area (Å²) >= 11 is 0. The van der Waals surface area contributed by atoms with E-state index in [4.69, 9.17) is 0 Å². The van der Waals surface area contributed by atoms with Crippen molar-refractivity contribution in [1.29, 1.82) is 0 Å². The molecule has 4 heteroatoms. The highest BCUT2D eigenvalue weighted by Gasteiger charge is 2.18. The summed E-state index contributed by atoms with van der Waals surface area (Å²) in [6.45, 7) is 0. The number of aromatic nitrogens is 3. The zero-order valence-corrected chi connectivity index (χ0v) is 44.8. The lowest BCUT2D eigenvalue weighted by Gasteiger charge is -2.26. The number of anilines is 3. The standard InChI is InChI=1S/C78H52N4/c1-3-15-61(16-4-1)80-75-25-13-9-21-69(75)71-51-59(39-49-77(71)80)57-29-27-53(28-30-57)54-31-41-63(42-32-54)79(64-43-33-55(34-44-64)56-35-47-66(48-36-56)82-73-23-11-7-19-67(73)68-20-8-12-24-74(68)82)65-45-37-58(38-46-65)60-40-50-78-72(52-60)70-22-10-14-26-76(70)81(78)62-17-5-2-6-18-62/h1-52H. The van der Waals surface area contributed by atoms with Crippen LogP contribution in [0.25, 0.3) is 127 Å². The molecule has 0 unspecified atom stereocenters. The fourth-order valence-corrected chi connectivity index (χ4v) is 12.7. The number of rotatable bonds is 10. The molecule has 384 valence electrons. The maximum Gasteiger partial charge on any atom is 0.0541 e. The molecule has 0 saturated carbocycles. The maximum absolute atomic E-state index is 2.37. The summed E-state index contributed by atoms with van der Waals surface area (Å²) in [7, 11) is 0. The summed E-state index contributed by atoms with van der Waals surface area (Å²) in [4.78, 5) is 2.37. The molecule has 0 aliphatic carbocycles. The smallest absolute Gasteiger partial charge is 0.0541 e. The molecule has 3 heterocycles. The molecule has 16 rings (SSSR count). The van der Waals surface area contributed by atoms with Crippen LogP contribution in [0.5, 0.6) is 0 Å². The van der Waals surface area contributed by atoms with E-state index < -0.39 is 0 Å². The van der Waals surface area contributed by atoms with E-state index in [9.17, 15) is 0 Å².